The van der Waals surface area contributed by atoms with E-state index < -0.39 is 23.9 Å². The molecule has 1 aromatic rings. The quantitative estimate of drug-likeness (QED) is 0.668. The van der Waals surface area contributed by atoms with E-state index in [4.69, 9.17) is 10.8 Å². The Morgan fingerprint density at radius 1 is 1.52 bits per heavy atom. The molecule has 0 bridgehead atoms. The molecule has 3 amide bonds. The summed E-state index contributed by atoms with van der Waals surface area (Å²) in [6.07, 6.45) is -0.147. The molecule has 0 fully saturated rings. The normalized spacial score (nSPS) is 11.7. The lowest BCUT2D eigenvalue weighted by molar-refractivity contribution is -0.139. The first kappa shape index (κ1) is 16.9. The van der Waals surface area contributed by atoms with Crippen molar-refractivity contribution in [2.75, 3.05) is 7.05 Å². The highest BCUT2D eigenvalue weighted by atomic mass is 32.1. The Morgan fingerprint density at radius 3 is 2.67 bits per heavy atom. The fourth-order valence-corrected chi connectivity index (χ4v) is 2.20. The van der Waals surface area contributed by atoms with Gasteiger partial charge in [-0.2, -0.15) is 0 Å². The van der Waals surface area contributed by atoms with E-state index in [9.17, 15) is 14.4 Å². The van der Waals surface area contributed by atoms with Crippen molar-refractivity contribution >= 4 is 29.2 Å². The first-order valence-electron chi connectivity index (χ1n) is 6.23. The second kappa shape index (κ2) is 7.58. The first-order chi connectivity index (χ1) is 9.79. The zero-order valence-electron chi connectivity index (χ0n) is 11.8. The molecule has 0 spiro atoms. The number of hydrogen-bond donors (Lipinski definition) is 3. The van der Waals surface area contributed by atoms with Crippen LogP contribution in [0.2, 0.25) is 0 Å². The summed E-state index contributed by atoms with van der Waals surface area (Å²) in [6, 6.07) is -1.69. The van der Waals surface area contributed by atoms with Gasteiger partial charge in [-0.1, -0.05) is 0 Å². The largest absolute Gasteiger partial charge is 0.480 e. The molecule has 1 heterocycles. The molecule has 0 aromatic carbocycles. The van der Waals surface area contributed by atoms with Gasteiger partial charge in [-0.3, -0.25) is 4.79 Å². The van der Waals surface area contributed by atoms with Gasteiger partial charge in [0.1, 0.15) is 6.04 Å². The van der Waals surface area contributed by atoms with E-state index in [1.807, 2.05) is 12.3 Å². The van der Waals surface area contributed by atoms with E-state index in [-0.39, 0.29) is 19.4 Å². The Kier molecular flexibility index (Phi) is 6.10. The molecule has 21 heavy (non-hydrogen) atoms. The fraction of sp³-hybridized carbons (Fsp3) is 0.500. The number of nitrogens with one attached hydrogen (secondary N) is 1. The summed E-state index contributed by atoms with van der Waals surface area (Å²) in [5, 5.41) is 14.1. The van der Waals surface area contributed by atoms with Crippen LogP contribution in [0.15, 0.2) is 5.38 Å². The molecular weight excluding hydrogens is 296 g/mol. The molecule has 4 N–H and O–H groups in total. The average molecular weight is 314 g/mol. The van der Waals surface area contributed by atoms with Crippen LogP contribution < -0.4 is 11.1 Å². The number of carbonyl (C=O) groups excluding carboxylic acids is 2. The third kappa shape index (κ3) is 5.78. The number of rotatable bonds is 7. The summed E-state index contributed by atoms with van der Waals surface area (Å²) in [5.74, 6) is -1.82. The predicted molar refractivity (Wildman–Crippen MR) is 76.7 cm³/mol. The number of aliphatic carboxylic acids is 1. The van der Waals surface area contributed by atoms with Crippen LogP contribution in [0.5, 0.6) is 0 Å². The van der Waals surface area contributed by atoms with Gasteiger partial charge in [-0.05, 0) is 13.3 Å². The molecule has 0 aliphatic rings. The maximum Gasteiger partial charge on any atom is 0.326 e. The smallest absolute Gasteiger partial charge is 0.326 e. The van der Waals surface area contributed by atoms with Crippen molar-refractivity contribution in [3.05, 3.63) is 16.1 Å². The summed E-state index contributed by atoms with van der Waals surface area (Å²) in [7, 11) is 1.54. The minimum absolute atomic E-state index is 0.0416. The van der Waals surface area contributed by atoms with Gasteiger partial charge in [-0.15, -0.1) is 11.3 Å². The molecule has 0 saturated carbocycles. The fourth-order valence-electron chi connectivity index (χ4n) is 1.60. The molecule has 0 aliphatic heterocycles. The number of carboxylic acids is 1. The van der Waals surface area contributed by atoms with E-state index in [2.05, 4.69) is 10.3 Å². The monoisotopic (exact) mass is 314 g/mol. The van der Waals surface area contributed by atoms with Crippen LogP contribution in [0, 0.1) is 6.92 Å². The van der Waals surface area contributed by atoms with Gasteiger partial charge in [0.2, 0.25) is 5.91 Å². The SMILES string of the molecule is Cc1nc(CN(C)C(=O)N[C@@H](CCC(N)=O)C(=O)O)cs1. The van der Waals surface area contributed by atoms with E-state index >= 15 is 0 Å². The number of nitrogens with two attached hydrogens (primary N) is 1. The predicted octanol–water partition coefficient (Wildman–Crippen LogP) is 0.312. The summed E-state index contributed by atoms with van der Waals surface area (Å²) in [6.45, 7) is 2.14. The van der Waals surface area contributed by atoms with Crippen molar-refractivity contribution in [3.8, 4) is 0 Å². The van der Waals surface area contributed by atoms with Crippen molar-refractivity contribution in [1.82, 2.24) is 15.2 Å². The topological polar surface area (TPSA) is 126 Å². The zero-order chi connectivity index (χ0) is 16.0. The zero-order valence-corrected chi connectivity index (χ0v) is 12.6. The summed E-state index contributed by atoms with van der Waals surface area (Å²) in [4.78, 5) is 39.2. The molecule has 0 radical (unpaired) electrons. The van der Waals surface area contributed by atoms with Gasteiger partial charge in [0.15, 0.2) is 0 Å². The van der Waals surface area contributed by atoms with Crippen molar-refractivity contribution in [2.45, 2.75) is 32.4 Å². The Morgan fingerprint density at radius 2 is 2.19 bits per heavy atom. The number of aromatic nitrogens is 1. The lowest BCUT2D eigenvalue weighted by Gasteiger charge is -2.20. The Bertz CT molecular complexity index is 531. The minimum atomic E-state index is -1.21. The summed E-state index contributed by atoms with van der Waals surface area (Å²) < 4.78 is 0. The Hall–Kier alpha value is -2.16. The standard InChI is InChI=1S/C12H18N4O4S/c1-7-14-8(6-21-7)5-16(2)12(20)15-9(11(18)19)3-4-10(13)17/h6,9H,3-5H2,1-2H3,(H2,13,17)(H,15,20)(H,18,19)/t9-/m0/s1. The molecule has 1 rings (SSSR count). The lowest BCUT2D eigenvalue weighted by atomic mass is 10.1. The van der Waals surface area contributed by atoms with Crippen molar-refractivity contribution < 1.29 is 19.5 Å². The molecule has 9 heteroatoms. The van der Waals surface area contributed by atoms with Crippen LogP contribution in [-0.4, -0.2) is 46.0 Å². The highest BCUT2D eigenvalue weighted by Gasteiger charge is 2.22. The third-order valence-corrected chi connectivity index (χ3v) is 3.51. The van der Waals surface area contributed by atoms with Crippen molar-refractivity contribution in [1.29, 1.82) is 0 Å². The van der Waals surface area contributed by atoms with E-state index in [1.54, 1.807) is 0 Å². The number of urea groups is 1. The molecule has 1 aromatic heterocycles. The minimum Gasteiger partial charge on any atom is -0.480 e. The third-order valence-electron chi connectivity index (χ3n) is 2.69. The van der Waals surface area contributed by atoms with Crippen LogP contribution in [0.25, 0.3) is 0 Å². The van der Waals surface area contributed by atoms with Crippen molar-refractivity contribution in [2.24, 2.45) is 5.73 Å². The van der Waals surface area contributed by atoms with Gasteiger partial charge in [0, 0.05) is 18.8 Å². The summed E-state index contributed by atoms with van der Waals surface area (Å²) in [5.41, 5.74) is 5.71. The maximum atomic E-state index is 11.9. The van der Waals surface area contributed by atoms with Gasteiger partial charge < -0.3 is 21.1 Å². The second-order valence-corrected chi connectivity index (χ2v) is 5.62. The van der Waals surface area contributed by atoms with Gasteiger partial charge in [0.25, 0.3) is 0 Å². The molecular formula is C12H18N4O4S. The van der Waals surface area contributed by atoms with Crippen LogP contribution >= 0.6 is 11.3 Å². The second-order valence-electron chi connectivity index (χ2n) is 4.56. The van der Waals surface area contributed by atoms with Crippen LogP contribution in [0.3, 0.4) is 0 Å². The number of hydrogen-bond acceptors (Lipinski definition) is 5. The Labute approximate surface area is 126 Å². The number of amides is 3. The molecule has 1 atom stereocenters. The first-order valence-corrected chi connectivity index (χ1v) is 7.11. The van der Waals surface area contributed by atoms with Crippen LogP contribution in [-0.2, 0) is 16.1 Å². The summed E-state index contributed by atoms with van der Waals surface area (Å²) >= 11 is 1.47. The molecule has 0 aliphatic carbocycles. The van der Waals surface area contributed by atoms with Crippen molar-refractivity contribution in [3.63, 3.8) is 0 Å². The molecule has 8 nitrogen and oxygen atoms in total. The van der Waals surface area contributed by atoms with E-state index in [0.29, 0.717) is 0 Å². The van der Waals surface area contributed by atoms with E-state index in [0.717, 1.165) is 10.7 Å². The van der Waals surface area contributed by atoms with Gasteiger partial charge >= 0.3 is 12.0 Å². The Balaban J connectivity index is 2.55. The highest BCUT2D eigenvalue weighted by molar-refractivity contribution is 7.09. The highest BCUT2D eigenvalue weighted by Crippen LogP contribution is 2.10. The molecule has 0 unspecified atom stereocenters. The number of nitrogens with zero attached hydrogens (tertiary/aromatic N) is 2. The average Bonchev–Trinajstić information content (AvgIpc) is 2.78. The van der Waals surface area contributed by atoms with Crippen LogP contribution in [0.4, 0.5) is 4.79 Å². The number of carboxylic acid groups (broad SMARTS) is 1. The van der Waals surface area contributed by atoms with Gasteiger partial charge in [0.05, 0.1) is 17.2 Å². The number of aryl methyl sites for hydroxylation is 1. The number of thiazole rings is 1. The van der Waals surface area contributed by atoms with Gasteiger partial charge in [-0.25, -0.2) is 14.6 Å². The molecule has 116 valence electrons. The number of carbonyl (C=O) groups is 3. The number of primary amides is 1. The maximum absolute atomic E-state index is 11.9. The lowest BCUT2D eigenvalue weighted by Crippen LogP contribution is -2.46. The van der Waals surface area contributed by atoms with E-state index in [1.165, 1.54) is 23.3 Å². The molecule has 0 saturated heterocycles. The van der Waals surface area contributed by atoms with Crippen LogP contribution in [0.1, 0.15) is 23.5 Å².